The van der Waals surface area contributed by atoms with Crippen LogP contribution < -0.4 is 14.2 Å². The Labute approximate surface area is 199 Å². The molecule has 0 unspecified atom stereocenters. The van der Waals surface area contributed by atoms with Gasteiger partial charge >= 0.3 is 17.9 Å². The van der Waals surface area contributed by atoms with E-state index in [0.29, 0.717) is 45.3 Å². The van der Waals surface area contributed by atoms with E-state index in [-0.39, 0.29) is 0 Å². The van der Waals surface area contributed by atoms with E-state index in [1.165, 1.54) is 13.8 Å². The van der Waals surface area contributed by atoms with Crippen LogP contribution in [0.15, 0.2) is 60.7 Å². The first-order valence-corrected chi connectivity index (χ1v) is 10.4. The van der Waals surface area contributed by atoms with Crippen LogP contribution >= 0.6 is 12.2 Å². The SMILES string of the molecule is CC(=O)Oc1ccc2c(c1)Oc1cc(OC(C)=O)ccc1C21OC(=O)c2ccccc21.N=C=S. The first-order valence-electron chi connectivity index (χ1n) is 10.0. The second-order valence-corrected chi connectivity index (χ2v) is 7.53. The zero-order valence-corrected chi connectivity index (χ0v) is 18.9. The molecule has 9 heteroatoms. The third-order valence-electron chi connectivity index (χ3n) is 5.18. The van der Waals surface area contributed by atoms with E-state index in [4.69, 9.17) is 24.4 Å². The Morgan fingerprint density at radius 2 is 1.38 bits per heavy atom. The Hall–Kier alpha value is -4.33. The van der Waals surface area contributed by atoms with Gasteiger partial charge in [-0.3, -0.25) is 9.59 Å². The molecule has 0 aromatic heterocycles. The van der Waals surface area contributed by atoms with Crippen LogP contribution in [0, 0.1) is 5.41 Å². The summed E-state index contributed by atoms with van der Waals surface area (Å²) < 4.78 is 22.5. The second-order valence-electron chi connectivity index (χ2n) is 7.32. The summed E-state index contributed by atoms with van der Waals surface area (Å²) in [7, 11) is 0. The molecule has 0 atom stereocenters. The molecule has 0 bridgehead atoms. The van der Waals surface area contributed by atoms with Crippen molar-refractivity contribution in [2.75, 3.05) is 0 Å². The van der Waals surface area contributed by atoms with Crippen LogP contribution in [0.25, 0.3) is 0 Å². The van der Waals surface area contributed by atoms with Crippen molar-refractivity contribution in [2.24, 2.45) is 0 Å². The second kappa shape index (κ2) is 8.90. The van der Waals surface area contributed by atoms with E-state index >= 15 is 0 Å². The number of esters is 3. The summed E-state index contributed by atoms with van der Waals surface area (Å²) in [6.07, 6.45) is 0. The molecule has 2 heterocycles. The van der Waals surface area contributed by atoms with Crippen molar-refractivity contribution in [1.29, 1.82) is 5.41 Å². The highest BCUT2D eigenvalue weighted by atomic mass is 32.1. The van der Waals surface area contributed by atoms with Crippen molar-refractivity contribution in [2.45, 2.75) is 19.4 Å². The Balaban J connectivity index is 0.000000868. The highest BCUT2D eigenvalue weighted by Gasteiger charge is 2.53. The maximum Gasteiger partial charge on any atom is 0.340 e. The number of rotatable bonds is 2. The fraction of sp³-hybridized carbons (Fsp3) is 0.120. The third kappa shape index (κ3) is 3.83. The van der Waals surface area contributed by atoms with Crippen LogP contribution in [0.3, 0.4) is 0 Å². The van der Waals surface area contributed by atoms with Crippen LogP contribution in [0.1, 0.15) is 40.9 Å². The summed E-state index contributed by atoms with van der Waals surface area (Å²) in [5.74, 6) is -0.104. The topological polar surface area (TPSA) is 112 Å². The van der Waals surface area contributed by atoms with Crippen molar-refractivity contribution in [3.8, 4) is 23.0 Å². The number of nitrogens with one attached hydrogen (secondary N) is 1. The number of hydrogen-bond donors (Lipinski definition) is 1. The van der Waals surface area contributed by atoms with E-state index in [0.717, 1.165) is 0 Å². The predicted molar refractivity (Wildman–Crippen MR) is 123 cm³/mol. The molecule has 1 N–H and O–H groups in total. The van der Waals surface area contributed by atoms with Crippen LogP contribution in [-0.2, 0) is 19.9 Å². The van der Waals surface area contributed by atoms with Gasteiger partial charge in [0.15, 0.2) is 5.60 Å². The van der Waals surface area contributed by atoms with E-state index in [2.05, 4.69) is 12.2 Å². The highest BCUT2D eigenvalue weighted by molar-refractivity contribution is 7.78. The van der Waals surface area contributed by atoms with E-state index < -0.39 is 23.5 Å². The van der Waals surface area contributed by atoms with Crippen LogP contribution in [0.5, 0.6) is 23.0 Å². The molecule has 0 saturated heterocycles. The maximum atomic E-state index is 12.8. The van der Waals surface area contributed by atoms with Gasteiger partial charge in [0.2, 0.25) is 0 Å². The predicted octanol–water partition coefficient (Wildman–Crippen LogP) is 4.77. The van der Waals surface area contributed by atoms with Crippen molar-refractivity contribution in [3.05, 3.63) is 82.9 Å². The summed E-state index contributed by atoms with van der Waals surface area (Å²) in [6.45, 7) is 2.61. The lowest BCUT2D eigenvalue weighted by Gasteiger charge is -2.36. The summed E-state index contributed by atoms with van der Waals surface area (Å²) >= 11 is 3.81. The third-order valence-corrected chi connectivity index (χ3v) is 5.18. The molecule has 34 heavy (non-hydrogen) atoms. The number of thiocarbonyl (C=S) groups is 1. The van der Waals surface area contributed by atoms with Crippen molar-refractivity contribution in [3.63, 3.8) is 0 Å². The molecule has 8 nitrogen and oxygen atoms in total. The standard InChI is InChI=1S/C24H16O7.CHNS/c1-13(25)28-15-7-9-19-21(11-15)30-22-12-16(29-14(2)26)8-10-20(22)24(19)18-6-4-3-5-17(18)23(27)31-24;2-1-3/h3-12H,1-2H3;2H. The van der Waals surface area contributed by atoms with Gasteiger partial charge in [0.05, 0.1) is 10.7 Å². The average molecular weight is 475 g/mol. The van der Waals surface area contributed by atoms with Gasteiger partial charge in [0.25, 0.3) is 0 Å². The minimum atomic E-state index is -1.25. The Kier molecular flexibility index (Phi) is 5.98. The molecule has 0 radical (unpaired) electrons. The number of carbonyl (C=O) groups excluding carboxylic acids is 3. The van der Waals surface area contributed by atoms with Gasteiger partial charge in [-0.25, -0.2) is 10.2 Å². The fourth-order valence-electron chi connectivity index (χ4n) is 4.10. The molecule has 3 aromatic carbocycles. The van der Waals surface area contributed by atoms with Crippen LogP contribution in [0.2, 0.25) is 0 Å². The first kappa shape index (κ1) is 22.8. The molecule has 2 aliphatic rings. The Bertz CT molecular complexity index is 1310. The smallest absolute Gasteiger partial charge is 0.340 e. The lowest BCUT2D eigenvalue weighted by molar-refractivity contribution is -0.132. The minimum Gasteiger partial charge on any atom is -0.456 e. The molecule has 170 valence electrons. The van der Waals surface area contributed by atoms with Gasteiger partial charge in [-0.2, -0.15) is 0 Å². The number of ether oxygens (including phenoxy) is 4. The van der Waals surface area contributed by atoms with Crippen molar-refractivity contribution >= 4 is 35.3 Å². The quantitative estimate of drug-likeness (QED) is 0.244. The molecule has 0 fully saturated rings. The molecular formula is C25H17NO7S. The molecule has 5 rings (SSSR count). The monoisotopic (exact) mass is 475 g/mol. The molecule has 0 amide bonds. The van der Waals surface area contributed by atoms with Crippen molar-refractivity contribution in [1.82, 2.24) is 0 Å². The average Bonchev–Trinajstić information content (AvgIpc) is 3.06. The lowest BCUT2D eigenvalue weighted by atomic mass is 9.77. The van der Waals surface area contributed by atoms with Crippen LogP contribution in [-0.4, -0.2) is 23.1 Å². The highest BCUT2D eigenvalue weighted by Crippen LogP contribution is 2.57. The van der Waals surface area contributed by atoms with E-state index in [1.807, 2.05) is 12.1 Å². The van der Waals surface area contributed by atoms with Gasteiger partial charge < -0.3 is 18.9 Å². The zero-order valence-electron chi connectivity index (χ0n) is 18.0. The summed E-state index contributed by atoms with van der Waals surface area (Å²) in [6, 6.07) is 16.9. The minimum absolute atomic E-state index is 0.290. The Morgan fingerprint density at radius 1 is 0.882 bits per heavy atom. The molecular weight excluding hydrogens is 458 g/mol. The molecule has 1 spiro atoms. The number of hydrogen-bond acceptors (Lipinski definition) is 9. The van der Waals surface area contributed by atoms with Crippen molar-refractivity contribution < 1.29 is 33.3 Å². The fourth-order valence-corrected chi connectivity index (χ4v) is 4.10. The van der Waals surface area contributed by atoms with Gasteiger partial charge in [0, 0.05) is 42.7 Å². The molecule has 3 aromatic rings. The largest absolute Gasteiger partial charge is 0.456 e. The van der Waals surface area contributed by atoms with E-state index in [1.54, 1.807) is 53.7 Å². The normalized spacial score (nSPS) is 13.5. The summed E-state index contributed by atoms with van der Waals surface area (Å²) in [5.41, 5.74) is 1.06. The van der Waals surface area contributed by atoms with Gasteiger partial charge in [0.1, 0.15) is 23.0 Å². The molecule has 0 aliphatic carbocycles. The van der Waals surface area contributed by atoms with Gasteiger partial charge in [-0.15, -0.1) is 0 Å². The first-order chi connectivity index (χ1) is 16.3. The summed E-state index contributed by atoms with van der Waals surface area (Å²) in [4.78, 5) is 35.6. The number of benzene rings is 3. The number of carbonyl (C=O) groups is 3. The molecule has 2 aliphatic heterocycles. The lowest BCUT2D eigenvalue weighted by Crippen LogP contribution is -2.33. The van der Waals surface area contributed by atoms with E-state index in [9.17, 15) is 14.4 Å². The van der Waals surface area contributed by atoms with Gasteiger partial charge in [-0.05, 0) is 42.5 Å². The number of isothiocyanates is 1. The zero-order chi connectivity index (χ0) is 24.5. The maximum absolute atomic E-state index is 12.8. The Morgan fingerprint density at radius 3 is 1.88 bits per heavy atom. The molecule has 0 saturated carbocycles. The van der Waals surface area contributed by atoms with Crippen LogP contribution in [0.4, 0.5) is 0 Å². The number of fused-ring (bicyclic) bond motifs is 6. The van der Waals surface area contributed by atoms with Gasteiger partial charge in [-0.1, -0.05) is 18.2 Å². The summed E-state index contributed by atoms with van der Waals surface area (Å²) in [5, 5.41) is 7.36.